The van der Waals surface area contributed by atoms with Crippen LogP contribution < -0.4 is 11.1 Å². The summed E-state index contributed by atoms with van der Waals surface area (Å²) < 4.78 is 0. The minimum atomic E-state index is -0.779. The normalized spacial score (nSPS) is 13.0. The number of anilines is 1. The number of hydrogen-bond donors (Lipinski definition) is 2. The van der Waals surface area contributed by atoms with Crippen molar-refractivity contribution in [2.24, 2.45) is 5.73 Å². The molecule has 11 heteroatoms. The van der Waals surface area contributed by atoms with Gasteiger partial charge in [0.25, 0.3) is 17.5 Å². The fourth-order valence-corrected chi connectivity index (χ4v) is 4.48. The van der Waals surface area contributed by atoms with Gasteiger partial charge >= 0.3 is 0 Å². The molecule has 0 unspecified atom stereocenters. The molecule has 0 atom stereocenters. The molecule has 3 rings (SSSR count). The number of benzene rings is 1. The Balaban J connectivity index is 1.98. The molecule has 1 aromatic carbocycles. The van der Waals surface area contributed by atoms with Crippen LogP contribution in [0.5, 0.6) is 0 Å². The fraction of sp³-hybridized carbons (Fsp3) is 0.235. The Hall–Kier alpha value is -2.98. The fourth-order valence-electron chi connectivity index (χ4n) is 3.04. The van der Waals surface area contributed by atoms with Crippen molar-refractivity contribution >= 4 is 51.3 Å². The van der Waals surface area contributed by atoms with Crippen LogP contribution in [0.3, 0.4) is 0 Å². The number of nitro groups is 1. The van der Waals surface area contributed by atoms with Gasteiger partial charge in [0, 0.05) is 29.4 Å². The van der Waals surface area contributed by atoms with Gasteiger partial charge in [-0.2, -0.15) is 0 Å². The Kier molecular flexibility index (Phi) is 5.34. The molecule has 0 radical (unpaired) electrons. The zero-order chi connectivity index (χ0) is 20.6. The van der Waals surface area contributed by atoms with E-state index in [2.05, 4.69) is 5.32 Å². The van der Waals surface area contributed by atoms with Gasteiger partial charge in [0.05, 0.1) is 17.0 Å². The number of carbonyl (C=O) groups is 3. The van der Waals surface area contributed by atoms with E-state index >= 15 is 0 Å². The van der Waals surface area contributed by atoms with E-state index in [-0.39, 0.29) is 27.1 Å². The smallest absolute Gasteiger partial charge is 0.282 e. The van der Waals surface area contributed by atoms with E-state index < -0.39 is 22.4 Å². The molecule has 28 heavy (non-hydrogen) atoms. The second kappa shape index (κ2) is 7.56. The third-order valence-corrected chi connectivity index (χ3v) is 5.74. The molecule has 0 aliphatic carbocycles. The lowest BCUT2D eigenvalue weighted by atomic mass is 10.0. The van der Waals surface area contributed by atoms with Crippen molar-refractivity contribution in [2.75, 3.05) is 11.9 Å². The first kappa shape index (κ1) is 19.8. The van der Waals surface area contributed by atoms with Gasteiger partial charge in [-0.05, 0) is 24.1 Å². The second-order valence-corrected chi connectivity index (χ2v) is 7.68. The Morgan fingerprint density at radius 2 is 2.07 bits per heavy atom. The quantitative estimate of drug-likeness (QED) is 0.576. The van der Waals surface area contributed by atoms with Gasteiger partial charge in [-0.3, -0.25) is 24.5 Å². The monoisotopic (exact) mass is 422 g/mol. The number of nitro benzene ring substituents is 1. The number of halogens is 1. The lowest BCUT2D eigenvalue weighted by molar-refractivity contribution is -0.385. The molecule has 2 aromatic rings. The molecule has 0 saturated heterocycles. The molecule has 0 bridgehead atoms. The number of thiophene rings is 1. The first-order valence-electron chi connectivity index (χ1n) is 8.14. The Morgan fingerprint density at radius 1 is 1.36 bits per heavy atom. The standard InChI is InChI=1S/C17H15ClN4O5S/c1-8(23)21-5-4-10-13(7-21)28-17(14(10)15(19)24)20-16(25)11-6-9(18)2-3-12(11)22(26)27/h2-3,6H,4-5,7H2,1H3,(H2,19,24)(H,20,25). The maximum absolute atomic E-state index is 12.7. The minimum Gasteiger partial charge on any atom is -0.365 e. The van der Waals surface area contributed by atoms with E-state index in [0.29, 0.717) is 25.1 Å². The molecule has 3 N–H and O–H groups in total. The number of primary amides is 1. The third kappa shape index (κ3) is 3.69. The van der Waals surface area contributed by atoms with Crippen LogP contribution >= 0.6 is 22.9 Å². The van der Waals surface area contributed by atoms with Gasteiger partial charge in [0.15, 0.2) is 0 Å². The van der Waals surface area contributed by atoms with E-state index in [1.807, 2.05) is 0 Å². The predicted octanol–water partition coefficient (Wildman–Crippen LogP) is 2.57. The molecule has 1 aliphatic rings. The lowest BCUT2D eigenvalue weighted by Gasteiger charge is -2.25. The molecule has 1 aliphatic heterocycles. The summed E-state index contributed by atoms with van der Waals surface area (Å²) in [6, 6.07) is 3.63. The van der Waals surface area contributed by atoms with Crippen LogP contribution in [0.4, 0.5) is 10.7 Å². The molecular weight excluding hydrogens is 408 g/mol. The van der Waals surface area contributed by atoms with Crippen LogP contribution in [0.2, 0.25) is 5.02 Å². The summed E-state index contributed by atoms with van der Waals surface area (Å²) in [6.07, 6.45) is 0.427. The maximum atomic E-state index is 12.7. The summed E-state index contributed by atoms with van der Waals surface area (Å²) in [6.45, 7) is 2.20. The number of amides is 3. The Labute approximate surface area is 168 Å². The second-order valence-electron chi connectivity index (χ2n) is 6.14. The summed E-state index contributed by atoms with van der Waals surface area (Å²) in [5.41, 5.74) is 5.71. The van der Waals surface area contributed by atoms with Crippen molar-refractivity contribution in [3.63, 3.8) is 0 Å². The Morgan fingerprint density at radius 3 is 2.68 bits per heavy atom. The zero-order valence-electron chi connectivity index (χ0n) is 14.7. The highest BCUT2D eigenvalue weighted by Gasteiger charge is 2.29. The van der Waals surface area contributed by atoms with Gasteiger partial charge in [-0.25, -0.2) is 0 Å². The molecule has 2 heterocycles. The van der Waals surface area contributed by atoms with E-state index in [1.54, 1.807) is 4.90 Å². The number of hydrogen-bond acceptors (Lipinski definition) is 6. The summed E-state index contributed by atoms with van der Waals surface area (Å²) in [7, 11) is 0. The van der Waals surface area contributed by atoms with E-state index in [1.165, 1.54) is 19.1 Å². The summed E-state index contributed by atoms with van der Waals surface area (Å²) >= 11 is 6.99. The van der Waals surface area contributed by atoms with Crippen molar-refractivity contribution in [1.29, 1.82) is 0 Å². The van der Waals surface area contributed by atoms with Crippen molar-refractivity contribution in [3.8, 4) is 0 Å². The molecule has 0 saturated carbocycles. The first-order valence-corrected chi connectivity index (χ1v) is 9.33. The minimum absolute atomic E-state index is 0.0974. The van der Waals surface area contributed by atoms with E-state index in [4.69, 9.17) is 17.3 Å². The van der Waals surface area contributed by atoms with Crippen LogP contribution in [0.25, 0.3) is 0 Å². The molecule has 0 fully saturated rings. The molecular formula is C17H15ClN4O5S. The lowest BCUT2D eigenvalue weighted by Crippen LogP contribution is -2.34. The third-order valence-electron chi connectivity index (χ3n) is 4.38. The average Bonchev–Trinajstić information content (AvgIpc) is 2.98. The van der Waals surface area contributed by atoms with Crippen molar-refractivity contribution in [3.05, 3.63) is 54.9 Å². The molecule has 146 valence electrons. The zero-order valence-corrected chi connectivity index (χ0v) is 16.2. The Bertz CT molecular complexity index is 1020. The highest BCUT2D eigenvalue weighted by atomic mass is 35.5. The highest BCUT2D eigenvalue weighted by molar-refractivity contribution is 7.17. The number of carbonyl (C=O) groups excluding carboxylic acids is 3. The highest BCUT2D eigenvalue weighted by Crippen LogP contribution is 2.37. The van der Waals surface area contributed by atoms with Crippen molar-refractivity contribution in [2.45, 2.75) is 19.9 Å². The summed E-state index contributed by atoms with van der Waals surface area (Å²) in [5.74, 6) is -1.59. The van der Waals surface area contributed by atoms with Gasteiger partial charge in [-0.15, -0.1) is 11.3 Å². The van der Waals surface area contributed by atoms with Gasteiger partial charge < -0.3 is 16.0 Å². The van der Waals surface area contributed by atoms with Gasteiger partial charge in [0.2, 0.25) is 5.91 Å². The summed E-state index contributed by atoms with van der Waals surface area (Å²) in [5, 5.41) is 14.1. The van der Waals surface area contributed by atoms with Crippen LogP contribution in [0.15, 0.2) is 18.2 Å². The SMILES string of the molecule is CC(=O)N1CCc2c(sc(NC(=O)c3cc(Cl)ccc3[N+](=O)[O-])c2C(N)=O)C1. The van der Waals surface area contributed by atoms with Gasteiger partial charge in [0.1, 0.15) is 10.6 Å². The van der Waals surface area contributed by atoms with Crippen molar-refractivity contribution in [1.82, 2.24) is 4.90 Å². The number of nitrogens with zero attached hydrogens (tertiary/aromatic N) is 2. The van der Waals surface area contributed by atoms with E-state index in [9.17, 15) is 24.5 Å². The maximum Gasteiger partial charge on any atom is 0.282 e. The number of nitrogens with two attached hydrogens (primary N) is 1. The average molecular weight is 423 g/mol. The summed E-state index contributed by atoms with van der Waals surface area (Å²) in [4.78, 5) is 49.1. The molecule has 1 aromatic heterocycles. The topological polar surface area (TPSA) is 136 Å². The predicted molar refractivity (Wildman–Crippen MR) is 104 cm³/mol. The van der Waals surface area contributed by atoms with Crippen LogP contribution in [0.1, 0.15) is 38.1 Å². The van der Waals surface area contributed by atoms with Crippen LogP contribution in [-0.4, -0.2) is 34.1 Å². The number of rotatable bonds is 4. The molecule has 3 amide bonds. The number of fused-ring (bicyclic) bond motifs is 1. The largest absolute Gasteiger partial charge is 0.365 e. The van der Waals surface area contributed by atoms with E-state index in [0.717, 1.165) is 22.3 Å². The van der Waals surface area contributed by atoms with Gasteiger partial charge in [-0.1, -0.05) is 11.6 Å². The molecule has 0 spiro atoms. The first-order chi connectivity index (χ1) is 13.2. The van der Waals surface area contributed by atoms with Crippen LogP contribution in [0, 0.1) is 10.1 Å². The van der Waals surface area contributed by atoms with Crippen LogP contribution in [-0.2, 0) is 17.8 Å². The van der Waals surface area contributed by atoms with Crippen molar-refractivity contribution < 1.29 is 19.3 Å². The molecule has 9 nitrogen and oxygen atoms in total. The number of nitrogens with one attached hydrogen (secondary N) is 1.